The number of carboxylic acid groups (broad SMARTS) is 1. The Morgan fingerprint density at radius 1 is 1.18 bits per heavy atom. The van der Waals surface area contributed by atoms with E-state index in [-0.39, 0.29) is 11.7 Å². The predicted molar refractivity (Wildman–Crippen MR) is 84.9 cm³/mol. The summed E-state index contributed by atoms with van der Waals surface area (Å²) in [5.74, 6) is -0.650. The number of benzene rings is 1. The molecule has 122 valence electrons. The molecule has 0 bridgehead atoms. The van der Waals surface area contributed by atoms with Crippen LogP contribution in [0.3, 0.4) is 0 Å². The number of carboxylic acids is 1. The largest absolute Gasteiger partial charge is 0.478 e. The van der Waals surface area contributed by atoms with Crippen LogP contribution in [0.1, 0.15) is 50.5 Å². The van der Waals surface area contributed by atoms with Gasteiger partial charge in [0.25, 0.3) is 0 Å². The fourth-order valence-corrected chi connectivity index (χ4v) is 1.94. The second-order valence-electron chi connectivity index (χ2n) is 6.76. The molecule has 1 N–H and O–H groups in total. The van der Waals surface area contributed by atoms with E-state index in [2.05, 4.69) is 0 Å². The van der Waals surface area contributed by atoms with E-state index < -0.39 is 11.6 Å². The van der Waals surface area contributed by atoms with E-state index in [0.29, 0.717) is 19.0 Å². The van der Waals surface area contributed by atoms with Gasteiger partial charge < -0.3 is 14.7 Å². The zero-order chi connectivity index (χ0) is 16.9. The lowest BCUT2D eigenvalue weighted by molar-refractivity contribution is 0.0211. The number of hydrogen-bond donors (Lipinski definition) is 1. The van der Waals surface area contributed by atoms with Gasteiger partial charge in [0.1, 0.15) is 5.60 Å². The molecule has 0 spiro atoms. The van der Waals surface area contributed by atoms with Gasteiger partial charge in [-0.05, 0) is 44.4 Å². The molecule has 1 aromatic rings. The second-order valence-corrected chi connectivity index (χ2v) is 6.76. The number of carbonyl (C=O) groups is 2. The van der Waals surface area contributed by atoms with E-state index in [9.17, 15) is 9.59 Å². The smallest absolute Gasteiger partial charge is 0.410 e. The van der Waals surface area contributed by atoms with Gasteiger partial charge in [0.15, 0.2) is 0 Å². The summed E-state index contributed by atoms with van der Waals surface area (Å²) in [6.45, 7) is 10.5. The van der Waals surface area contributed by atoms with Crippen molar-refractivity contribution in [2.24, 2.45) is 5.92 Å². The molecule has 1 amide bonds. The van der Waals surface area contributed by atoms with Gasteiger partial charge in [-0.2, -0.15) is 0 Å². The standard InChI is InChI=1S/C17H25NO4/c1-12(2)10-18(16(21)22-17(3,4)5)11-13-6-8-14(9-7-13)15(19)20/h6-9,12H,10-11H2,1-5H3,(H,19,20). The molecule has 0 saturated heterocycles. The maximum Gasteiger partial charge on any atom is 0.410 e. The Balaban J connectivity index is 2.84. The van der Waals surface area contributed by atoms with E-state index in [1.807, 2.05) is 34.6 Å². The van der Waals surface area contributed by atoms with Crippen LogP contribution in [0.2, 0.25) is 0 Å². The minimum Gasteiger partial charge on any atom is -0.478 e. The van der Waals surface area contributed by atoms with Crippen LogP contribution in [0.4, 0.5) is 4.79 Å². The summed E-state index contributed by atoms with van der Waals surface area (Å²) in [6, 6.07) is 6.53. The summed E-state index contributed by atoms with van der Waals surface area (Å²) in [5.41, 5.74) is 0.562. The minimum absolute atomic E-state index is 0.233. The molecule has 1 aromatic carbocycles. The lowest BCUT2D eigenvalue weighted by Crippen LogP contribution is -2.38. The van der Waals surface area contributed by atoms with Crippen LogP contribution < -0.4 is 0 Å². The highest BCUT2D eigenvalue weighted by molar-refractivity contribution is 5.87. The Kier molecular flexibility index (Phi) is 5.97. The molecular formula is C17H25NO4. The van der Waals surface area contributed by atoms with Crippen molar-refractivity contribution in [3.8, 4) is 0 Å². The van der Waals surface area contributed by atoms with Gasteiger partial charge in [-0.15, -0.1) is 0 Å². The van der Waals surface area contributed by atoms with Crippen molar-refractivity contribution in [2.75, 3.05) is 6.54 Å². The molecule has 0 atom stereocenters. The molecule has 5 heteroatoms. The van der Waals surface area contributed by atoms with Crippen molar-refractivity contribution >= 4 is 12.1 Å². The van der Waals surface area contributed by atoms with Crippen molar-refractivity contribution < 1.29 is 19.4 Å². The molecule has 1 rings (SSSR count). The van der Waals surface area contributed by atoms with Crippen LogP contribution in [0.15, 0.2) is 24.3 Å². The molecule has 0 aliphatic rings. The van der Waals surface area contributed by atoms with Gasteiger partial charge in [-0.1, -0.05) is 26.0 Å². The van der Waals surface area contributed by atoms with Gasteiger partial charge in [-0.3, -0.25) is 0 Å². The van der Waals surface area contributed by atoms with E-state index in [0.717, 1.165) is 5.56 Å². The van der Waals surface area contributed by atoms with Gasteiger partial charge in [0.05, 0.1) is 5.56 Å². The monoisotopic (exact) mass is 307 g/mol. The number of aromatic carboxylic acids is 1. The highest BCUT2D eigenvalue weighted by atomic mass is 16.6. The summed E-state index contributed by atoms with van der Waals surface area (Å²) < 4.78 is 5.43. The van der Waals surface area contributed by atoms with Crippen LogP contribution in [-0.2, 0) is 11.3 Å². The Morgan fingerprint density at radius 3 is 2.14 bits per heavy atom. The van der Waals surface area contributed by atoms with Crippen LogP contribution in [0.25, 0.3) is 0 Å². The number of amides is 1. The average Bonchev–Trinajstić information content (AvgIpc) is 2.36. The zero-order valence-electron chi connectivity index (χ0n) is 13.9. The van der Waals surface area contributed by atoms with E-state index in [1.165, 1.54) is 0 Å². The number of hydrogen-bond acceptors (Lipinski definition) is 3. The Morgan fingerprint density at radius 2 is 1.73 bits per heavy atom. The maximum absolute atomic E-state index is 12.3. The number of nitrogens with zero attached hydrogens (tertiary/aromatic N) is 1. The molecular weight excluding hydrogens is 282 g/mol. The molecule has 0 heterocycles. The van der Waals surface area contributed by atoms with Gasteiger partial charge in [-0.25, -0.2) is 9.59 Å². The minimum atomic E-state index is -0.960. The molecule has 0 fully saturated rings. The molecule has 0 radical (unpaired) electrons. The van der Waals surface area contributed by atoms with Crippen LogP contribution in [0.5, 0.6) is 0 Å². The Hall–Kier alpha value is -2.04. The summed E-state index contributed by atoms with van der Waals surface area (Å²) in [7, 11) is 0. The van der Waals surface area contributed by atoms with Crippen molar-refractivity contribution in [1.82, 2.24) is 4.90 Å². The summed E-state index contributed by atoms with van der Waals surface area (Å²) in [5, 5.41) is 8.91. The van der Waals surface area contributed by atoms with E-state index in [1.54, 1.807) is 29.2 Å². The Labute approximate surface area is 131 Å². The average molecular weight is 307 g/mol. The molecule has 0 aliphatic carbocycles. The summed E-state index contributed by atoms with van der Waals surface area (Å²) >= 11 is 0. The topological polar surface area (TPSA) is 66.8 Å². The van der Waals surface area contributed by atoms with E-state index >= 15 is 0 Å². The fraction of sp³-hybridized carbons (Fsp3) is 0.529. The van der Waals surface area contributed by atoms with Crippen molar-refractivity contribution in [3.63, 3.8) is 0 Å². The third kappa shape index (κ3) is 6.16. The van der Waals surface area contributed by atoms with Crippen LogP contribution in [-0.4, -0.2) is 34.2 Å². The first kappa shape index (κ1) is 18.0. The van der Waals surface area contributed by atoms with Crippen molar-refractivity contribution in [2.45, 2.75) is 46.8 Å². The zero-order valence-corrected chi connectivity index (χ0v) is 13.9. The molecule has 5 nitrogen and oxygen atoms in total. The maximum atomic E-state index is 12.3. The van der Waals surface area contributed by atoms with Crippen LogP contribution >= 0.6 is 0 Å². The fourth-order valence-electron chi connectivity index (χ4n) is 1.94. The van der Waals surface area contributed by atoms with Crippen molar-refractivity contribution in [1.29, 1.82) is 0 Å². The highest BCUT2D eigenvalue weighted by Crippen LogP contribution is 2.15. The first-order valence-electron chi connectivity index (χ1n) is 7.38. The quantitative estimate of drug-likeness (QED) is 0.899. The molecule has 0 aliphatic heterocycles. The molecule has 22 heavy (non-hydrogen) atoms. The first-order chi connectivity index (χ1) is 10.1. The Bertz CT molecular complexity index is 514. The highest BCUT2D eigenvalue weighted by Gasteiger charge is 2.23. The number of rotatable bonds is 5. The second kappa shape index (κ2) is 7.29. The lowest BCUT2D eigenvalue weighted by atomic mass is 10.1. The van der Waals surface area contributed by atoms with Gasteiger partial charge in [0, 0.05) is 13.1 Å². The third-order valence-corrected chi connectivity index (χ3v) is 2.81. The SMILES string of the molecule is CC(C)CN(Cc1ccc(C(=O)O)cc1)C(=O)OC(C)(C)C. The van der Waals surface area contributed by atoms with Crippen molar-refractivity contribution in [3.05, 3.63) is 35.4 Å². The van der Waals surface area contributed by atoms with Crippen LogP contribution in [0, 0.1) is 5.92 Å². The molecule has 0 saturated carbocycles. The first-order valence-corrected chi connectivity index (χ1v) is 7.38. The number of ether oxygens (including phenoxy) is 1. The summed E-state index contributed by atoms with van der Waals surface area (Å²) in [4.78, 5) is 24.8. The molecule has 0 unspecified atom stereocenters. The lowest BCUT2D eigenvalue weighted by Gasteiger charge is -2.28. The third-order valence-electron chi connectivity index (χ3n) is 2.81. The number of carbonyl (C=O) groups excluding carboxylic acids is 1. The van der Waals surface area contributed by atoms with E-state index in [4.69, 9.17) is 9.84 Å². The molecule has 0 aromatic heterocycles. The normalized spacial score (nSPS) is 11.4. The van der Waals surface area contributed by atoms with Gasteiger partial charge >= 0.3 is 12.1 Å². The summed E-state index contributed by atoms with van der Waals surface area (Å²) in [6.07, 6.45) is -0.358. The van der Waals surface area contributed by atoms with Gasteiger partial charge in [0.2, 0.25) is 0 Å². The predicted octanol–water partition coefficient (Wildman–Crippen LogP) is 3.78.